The molecule has 1 aliphatic heterocycles. The number of carbonyl (C=O) groups is 2. The van der Waals surface area contributed by atoms with E-state index in [0.29, 0.717) is 34.6 Å². The van der Waals surface area contributed by atoms with Gasteiger partial charge in [-0.15, -0.1) is 0 Å². The van der Waals surface area contributed by atoms with Gasteiger partial charge in [-0.2, -0.15) is 0 Å². The number of ether oxygens (including phenoxy) is 3. The van der Waals surface area contributed by atoms with Gasteiger partial charge in [-0.05, 0) is 55.5 Å². The molecule has 2 atom stereocenters. The first-order chi connectivity index (χ1) is 14.5. The molecule has 0 radical (unpaired) electrons. The Kier molecular flexibility index (Phi) is 7.65. The van der Waals surface area contributed by atoms with E-state index in [9.17, 15) is 9.59 Å². The standard InChI is InChI=1S/C21H22Cl2N2O5/c1-2-28-21(27)25-12-14(20(25)30-18-9-5-16(23)6-10-18)11-24-19(26)13-29-17-7-3-15(22)4-8-17/h3-10,14,20H,2,11-13H2,1H3,(H,24,26). The number of likely N-dealkylation sites (tertiary alicyclic amines) is 1. The molecule has 7 nitrogen and oxygen atoms in total. The van der Waals surface area contributed by atoms with Crippen molar-refractivity contribution in [2.75, 3.05) is 26.3 Å². The van der Waals surface area contributed by atoms with Crippen LogP contribution in [0.3, 0.4) is 0 Å². The van der Waals surface area contributed by atoms with Crippen molar-refractivity contribution < 1.29 is 23.8 Å². The predicted octanol–water partition coefficient (Wildman–Crippen LogP) is 3.98. The molecule has 1 saturated heterocycles. The van der Waals surface area contributed by atoms with E-state index in [0.717, 1.165) is 0 Å². The van der Waals surface area contributed by atoms with Crippen molar-refractivity contribution in [1.29, 1.82) is 0 Å². The maximum absolute atomic E-state index is 12.1. The van der Waals surface area contributed by atoms with E-state index in [1.807, 2.05) is 0 Å². The molecule has 1 N–H and O–H groups in total. The summed E-state index contributed by atoms with van der Waals surface area (Å²) >= 11 is 11.7. The first-order valence-corrected chi connectivity index (χ1v) is 10.2. The van der Waals surface area contributed by atoms with Gasteiger partial charge < -0.3 is 19.5 Å². The topological polar surface area (TPSA) is 77.1 Å². The smallest absolute Gasteiger partial charge is 0.412 e. The van der Waals surface area contributed by atoms with Crippen LogP contribution in [0.1, 0.15) is 6.92 Å². The summed E-state index contributed by atoms with van der Waals surface area (Å²) in [6.07, 6.45) is -1.01. The molecule has 2 aromatic carbocycles. The van der Waals surface area contributed by atoms with Crippen LogP contribution in [0.25, 0.3) is 0 Å². The summed E-state index contributed by atoms with van der Waals surface area (Å²) in [6.45, 7) is 2.63. The van der Waals surface area contributed by atoms with Gasteiger partial charge in [0, 0.05) is 23.1 Å². The van der Waals surface area contributed by atoms with Gasteiger partial charge in [-0.25, -0.2) is 4.79 Å². The number of amides is 2. The van der Waals surface area contributed by atoms with Gasteiger partial charge in [-0.3, -0.25) is 9.69 Å². The number of hydrogen-bond donors (Lipinski definition) is 1. The molecule has 3 rings (SSSR count). The van der Waals surface area contributed by atoms with E-state index in [1.165, 1.54) is 4.90 Å². The highest BCUT2D eigenvalue weighted by Gasteiger charge is 2.44. The van der Waals surface area contributed by atoms with Crippen molar-refractivity contribution in [2.45, 2.75) is 13.2 Å². The largest absolute Gasteiger partial charge is 0.484 e. The van der Waals surface area contributed by atoms with Crippen LogP contribution >= 0.6 is 23.2 Å². The summed E-state index contributed by atoms with van der Waals surface area (Å²) < 4.78 is 16.4. The molecule has 1 fully saturated rings. The van der Waals surface area contributed by atoms with Crippen molar-refractivity contribution >= 4 is 35.2 Å². The third-order valence-corrected chi connectivity index (χ3v) is 4.96. The van der Waals surface area contributed by atoms with Crippen LogP contribution < -0.4 is 14.8 Å². The van der Waals surface area contributed by atoms with Gasteiger partial charge in [0.15, 0.2) is 12.8 Å². The molecule has 0 aliphatic carbocycles. The molecular formula is C21H22Cl2N2O5. The summed E-state index contributed by atoms with van der Waals surface area (Å²) in [7, 11) is 0. The zero-order valence-corrected chi connectivity index (χ0v) is 17.9. The maximum atomic E-state index is 12.1. The van der Waals surface area contributed by atoms with Crippen LogP contribution in [0.15, 0.2) is 48.5 Å². The molecule has 2 amide bonds. The lowest BCUT2D eigenvalue weighted by atomic mass is 9.97. The average molecular weight is 453 g/mol. The van der Waals surface area contributed by atoms with Crippen LogP contribution in [0.2, 0.25) is 10.0 Å². The lowest BCUT2D eigenvalue weighted by Gasteiger charge is -2.46. The minimum absolute atomic E-state index is 0.0930. The zero-order chi connectivity index (χ0) is 21.5. The highest BCUT2D eigenvalue weighted by molar-refractivity contribution is 6.30. The number of carbonyl (C=O) groups excluding carboxylic acids is 2. The number of benzene rings is 2. The molecule has 160 valence electrons. The van der Waals surface area contributed by atoms with Crippen molar-refractivity contribution in [2.24, 2.45) is 5.92 Å². The van der Waals surface area contributed by atoms with Gasteiger partial charge in [0.1, 0.15) is 11.5 Å². The van der Waals surface area contributed by atoms with Crippen LogP contribution in [0.4, 0.5) is 4.79 Å². The fourth-order valence-corrected chi connectivity index (χ4v) is 3.15. The van der Waals surface area contributed by atoms with E-state index in [4.69, 9.17) is 37.4 Å². The Hall–Kier alpha value is -2.64. The summed E-state index contributed by atoms with van der Waals surface area (Å²) in [6, 6.07) is 13.6. The average Bonchev–Trinajstić information content (AvgIpc) is 2.72. The Labute approximate surface area is 184 Å². The van der Waals surface area contributed by atoms with Crippen molar-refractivity contribution in [3.05, 3.63) is 58.6 Å². The minimum Gasteiger partial charge on any atom is -0.484 e. The highest BCUT2D eigenvalue weighted by Crippen LogP contribution is 2.29. The first-order valence-electron chi connectivity index (χ1n) is 9.47. The van der Waals surface area contributed by atoms with Crippen LogP contribution in [0, 0.1) is 5.92 Å². The Balaban J connectivity index is 1.52. The van der Waals surface area contributed by atoms with E-state index in [2.05, 4.69) is 5.32 Å². The molecule has 1 aliphatic rings. The predicted molar refractivity (Wildman–Crippen MR) is 113 cm³/mol. The molecule has 9 heteroatoms. The quantitative estimate of drug-likeness (QED) is 0.655. The Bertz CT molecular complexity index is 861. The van der Waals surface area contributed by atoms with E-state index in [-0.39, 0.29) is 25.0 Å². The number of nitrogens with zero attached hydrogens (tertiary/aromatic N) is 1. The number of nitrogens with one attached hydrogen (secondary N) is 1. The monoisotopic (exact) mass is 452 g/mol. The Morgan fingerprint density at radius 1 is 1.03 bits per heavy atom. The second kappa shape index (κ2) is 10.4. The molecule has 2 aromatic rings. The molecule has 2 unspecified atom stereocenters. The van der Waals surface area contributed by atoms with Crippen LogP contribution in [0.5, 0.6) is 11.5 Å². The van der Waals surface area contributed by atoms with Gasteiger partial charge in [-0.1, -0.05) is 23.2 Å². The van der Waals surface area contributed by atoms with Gasteiger partial charge in [0.25, 0.3) is 5.91 Å². The zero-order valence-electron chi connectivity index (χ0n) is 16.3. The van der Waals surface area contributed by atoms with Crippen molar-refractivity contribution in [3.63, 3.8) is 0 Å². The van der Waals surface area contributed by atoms with Gasteiger partial charge in [0.2, 0.25) is 0 Å². The molecule has 0 bridgehead atoms. The Morgan fingerprint density at radius 3 is 2.23 bits per heavy atom. The van der Waals surface area contributed by atoms with E-state index < -0.39 is 12.3 Å². The molecule has 0 saturated carbocycles. The number of hydrogen-bond acceptors (Lipinski definition) is 5. The molecule has 30 heavy (non-hydrogen) atoms. The van der Waals surface area contributed by atoms with Crippen molar-refractivity contribution in [1.82, 2.24) is 10.2 Å². The van der Waals surface area contributed by atoms with Crippen molar-refractivity contribution in [3.8, 4) is 11.5 Å². The number of halogens is 2. The normalized spacial score (nSPS) is 17.6. The summed E-state index contributed by atoms with van der Waals surface area (Å²) in [5.41, 5.74) is 0. The molecule has 1 heterocycles. The highest BCUT2D eigenvalue weighted by atomic mass is 35.5. The van der Waals surface area contributed by atoms with Crippen LogP contribution in [-0.2, 0) is 9.53 Å². The lowest BCUT2D eigenvalue weighted by molar-refractivity contribution is -0.126. The van der Waals surface area contributed by atoms with E-state index >= 15 is 0 Å². The second-order valence-electron chi connectivity index (χ2n) is 6.62. The summed E-state index contributed by atoms with van der Waals surface area (Å²) in [5, 5.41) is 3.99. The SMILES string of the molecule is CCOC(=O)N1CC(CNC(=O)COc2ccc(Cl)cc2)C1Oc1ccc(Cl)cc1. The van der Waals surface area contributed by atoms with Crippen LogP contribution in [-0.4, -0.2) is 49.4 Å². The summed E-state index contributed by atoms with van der Waals surface area (Å²) in [5.74, 6) is 0.755. The number of rotatable bonds is 8. The van der Waals surface area contributed by atoms with Gasteiger partial charge >= 0.3 is 6.09 Å². The Morgan fingerprint density at radius 2 is 1.63 bits per heavy atom. The summed E-state index contributed by atoms with van der Waals surface area (Å²) in [4.78, 5) is 25.7. The minimum atomic E-state index is -0.553. The maximum Gasteiger partial charge on any atom is 0.412 e. The third-order valence-electron chi connectivity index (χ3n) is 4.46. The lowest BCUT2D eigenvalue weighted by Crippen LogP contribution is -2.64. The van der Waals surface area contributed by atoms with Gasteiger partial charge in [0.05, 0.1) is 12.5 Å². The second-order valence-corrected chi connectivity index (χ2v) is 7.49. The fraction of sp³-hybridized carbons (Fsp3) is 0.333. The molecule has 0 aromatic heterocycles. The molecule has 0 spiro atoms. The van der Waals surface area contributed by atoms with E-state index in [1.54, 1.807) is 55.5 Å². The fourth-order valence-electron chi connectivity index (χ4n) is 2.90. The third kappa shape index (κ3) is 5.93. The molecular weight excluding hydrogens is 431 g/mol. The first kappa shape index (κ1) is 22.1.